The predicted molar refractivity (Wildman–Crippen MR) is 89.7 cm³/mol. The van der Waals surface area contributed by atoms with Gasteiger partial charge < -0.3 is 9.47 Å². The molecule has 0 aliphatic rings. The molecule has 1 amide bonds. The summed E-state index contributed by atoms with van der Waals surface area (Å²) >= 11 is 0. The smallest absolute Gasteiger partial charge is 0.223 e. The van der Waals surface area contributed by atoms with Gasteiger partial charge >= 0.3 is 0 Å². The fourth-order valence-electron chi connectivity index (χ4n) is 2.64. The van der Waals surface area contributed by atoms with Crippen LogP contribution in [0.5, 0.6) is 0 Å². The van der Waals surface area contributed by atoms with E-state index >= 15 is 0 Å². The summed E-state index contributed by atoms with van der Waals surface area (Å²) in [6, 6.07) is 8.19. The van der Waals surface area contributed by atoms with Crippen molar-refractivity contribution in [2.75, 3.05) is 7.05 Å². The molecule has 2 aromatic heterocycles. The summed E-state index contributed by atoms with van der Waals surface area (Å²) in [6.07, 6.45) is 8.42. The van der Waals surface area contributed by atoms with E-state index in [1.165, 1.54) is 0 Å². The highest BCUT2D eigenvalue weighted by molar-refractivity contribution is 5.82. The van der Waals surface area contributed by atoms with Crippen LogP contribution in [0.2, 0.25) is 0 Å². The van der Waals surface area contributed by atoms with E-state index in [1.54, 1.807) is 17.3 Å². The van der Waals surface area contributed by atoms with Crippen LogP contribution in [0.3, 0.4) is 0 Å². The molecule has 1 aromatic carbocycles. The van der Waals surface area contributed by atoms with Crippen LogP contribution in [0.25, 0.3) is 10.8 Å². The number of rotatable bonds is 5. The van der Waals surface area contributed by atoms with Crippen molar-refractivity contribution in [3.05, 3.63) is 60.4 Å². The van der Waals surface area contributed by atoms with Gasteiger partial charge in [-0.05, 0) is 23.1 Å². The number of carbonyl (C=O) groups is 1. The largest absolute Gasteiger partial charge is 0.341 e. The molecule has 0 spiro atoms. The van der Waals surface area contributed by atoms with Gasteiger partial charge in [0.1, 0.15) is 5.82 Å². The molecule has 0 atom stereocenters. The number of amides is 1. The van der Waals surface area contributed by atoms with E-state index in [9.17, 15) is 4.79 Å². The molecule has 0 radical (unpaired) electrons. The molecule has 0 bridgehead atoms. The summed E-state index contributed by atoms with van der Waals surface area (Å²) < 4.78 is 1.95. The highest BCUT2D eigenvalue weighted by Crippen LogP contribution is 2.16. The van der Waals surface area contributed by atoms with Gasteiger partial charge in [-0.2, -0.15) is 0 Å². The van der Waals surface area contributed by atoms with E-state index in [0.29, 0.717) is 19.4 Å². The van der Waals surface area contributed by atoms with Crippen molar-refractivity contribution >= 4 is 16.7 Å². The zero-order valence-corrected chi connectivity index (χ0v) is 13.4. The van der Waals surface area contributed by atoms with Gasteiger partial charge in [-0.25, -0.2) is 4.98 Å². The molecule has 3 rings (SSSR count). The lowest BCUT2D eigenvalue weighted by atomic mass is 10.1. The minimum absolute atomic E-state index is 0.128. The minimum atomic E-state index is 0.128. The zero-order valence-electron chi connectivity index (χ0n) is 13.4. The van der Waals surface area contributed by atoms with E-state index in [0.717, 1.165) is 22.2 Å². The van der Waals surface area contributed by atoms with Crippen LogP contribution in [0.15, 0.2) is 49.1 Å². The van der Waals surface area contributed by atoms with Crippen molar-refractivity contribution in [1.82, 2.24) is 19.4 Å². The number of pyridine rings is 1. The Kier molecular flexibility index (Phi) is 4.37. The van der Waals surface area contributed by atoms with E-state index in [4.69, 9.17) is 0 Å². The summed E-state index contributed by atoms with van der Waals surface area (Å²) in [5, 5.41) is 2.26. The molecule has 23 heavy (non-hydrogen) atoms. The number of nitrogens with zero attached hydrogens (tertiary/aromatic N) is 4. The number of carbonyl (C=O) groups excluding carboxylic acids is 1. The van der Waals surface area contributed by atoms with Gasteiger partial charge in [0.15, 0.2) is 0 Å². The molecule has 5 nitrogen and oxygen atoms in total. The molecular formula is C18H20N4O. The van der Waals surface area contributed by atoms with Crippen molar-refractivity contribution in [3.8, 4) is 0 Å². The van der Waals surface area contributed by atoms with Crippen molar-refractivity contribution in [2.24, 2.45) is 7.05 Å². The summed E-state index contributed by atoms with van der Waals surface area (Å²) in [6.45, 7) is 0.609. The number of hydrogen-bond donors (Lipinski definition) is 0. The van der Waals surface area contributed by atoms with Gasteiger partial charge in [-0.3, -0.25) is 9.78 Å². The van der Waals surface area contributed by atoms with Crippen LogP contribution in [-0.2, 0) is 24.8 Å². The third kappa shape index (κ3) is 3.56. The summed E-state index contributed by atoms with van der Waals surface area (Å²) in [7, 11) is 3.79. The van der Waals surface area contributed by atoms with E-state index < -0.39 is 0 Å². The van der Waals surface area contributed by atoms with Gasteiger partial charge in [0.05, 0.1) is 0 Å². The molecule has 0 saturated carbocycles. The van der Waals surface area contributed by atoms with Crippen LogP contribution in [-0.4, -0.2) is 32.4 Å². The van der Waals surface area contributed by atoms with Gasteiger partial charge in [0, 0.05) is 63.7 Å². The molecule has 2 heterocycles. The Morgan fingerprint density at radius 3 is 2.87 bits per heavy atom. The van der Waals surface area contributed by atoms with E-state index in [2.05, 4.69) is 16.0 Å². The monoisotopic (exact) mass is 308 g/mol. The highest BCUT2D eigenvalue weighted by atomic mass is 16.2. The second kappa shape index (κ2) is 6.60. The SMILES string of the molecule is CN(Cc1ccc2cnccc2c1)C(=O)CCc1nccn1C. The Hall–Kier alpha value is -2.69. The number of imidazole rings is 1. The molecule has 0 fully saturated rings. The van der Waals surface area contributed by atoms with E-state index in [-0.39, 0.29) is 5.91 Å². The maximum Gasteiger partial charge on any atom is 0.223 e. The average molecular weight is 308 g/mol. The first-order valence-electron chi connectivity index (χ1n) is 7.66. The van der Waals surface area contributed by atoms with Crippen LogP contribution in [0.1, 0.15) is 17.8 Å². The molecule has 0 aliphatic carbocycles. The third-order valence-electron chi connectivity index (χ3n) is 4.03. The van der Waals surface area contributed by atoms with Crippen molar-refractivity contribution < 1.29 is 4.79 Å². The van der Waals surface area contributed by atoms with Crippen LogP contribution in [0.4, 0.5) is 0 Å². The Morgan fingerprint density at radius 2 is 2.09 bits per heavy atom. The lowest BCUT2D eigenvalue weighted by molar-refractivity contribution is -0.130. The van der Waals surface area contributed by atoms with Gasteiger partial charge in [0.2, 0.25) is 5.91 Å². The lowest BCUT2D eigenvalue weighted by Gasteiger charge is -2.17. The summed E-state index contributed by atoms with van der Waals surface area (Å²) in [5.41, 5.74) is 1.12. The van der Waals surface area contributed by atoms with Crippen molar-refractivity contribution in [2.45, 2.75) is 19.4 Å². The molecule has 0 saturated heterocycles. The van der Waals surface area contributed by atoms with Crippen molar-refractivity contribution in [3.63, 3.8) is 0 Å². The molecule has 5 heteroatoms. The normalized spacial score (nSPS) is 10.9. The quantitative estimate of drug-likeness (QED) is 0.728. The van der Waals surface area contributed by atoms with E-state index in [1.807, 2.05) is 49.3 Å². The van der Waals surface area contributed by atoms with Gasteiger partial charge in [0.25, 0.3) is 0 Å². The molecular weight excluding hydrogens is 288 g/mol. The van der Waals surface area contributed by atoms with Crippen LogP contribution < -0.4 is 0 Å². The fourth-order valence-corrected chi connectivity index (χ4v) is 2.64. The Morgan fingerprint density at radius 1 is 1.22 bits per heavy atom. The minimum Gasteiger partial charge on any atom is -0.341 e. The molecule has 0 unspecified atom stereocenters. The Bertz CT molecular complexity index is 825. The highest BCUT2D eigenvalue weighted by Gasteiger charge is 2.11. The Balaban J connectivity index is 1.61. The second-order valence-electron chi connectivity index (χ2n) is 5.76. The number of aryl methyl sites for hydroxylation is 2. The maximum atomic E-state index is 12.3. The standard InChI is InChI=1S/C18H20N4O/c1-21-10-9-20-17(21)5-6-18(23)22(2)13-14-3-4-16-12-19-8-7-15(16)11-14/h3-4,7-12H,5-6,13H2,1-2H3. The third-order valence-corrected chi connectivity index (χ3v) is 4.03. The lowest BCUT2D eigenvalue weighted by Crippen LogP contribution is -2.26. The molecule has 0 aliphatic heterocycles. The zero-order chi connectivity index (χ0) is 16.2. The number of hydrogen-bond acceptors (Lipinski definition) is 3. The number of fused-ring (bicyclic) bond motifs is 1. The Labute approximate surface area is 135 Å². The second-order valence-corrected chi connectivity index (χ2v) is 5.76. The van der Waals surface area contributed by atoms with Crippen molar-refractivity contribution in [1.29, 1.82) is 0 Å². The number of aromatic nitrogens is 3. The van der Waals surface area contributed by atoms with Gasteiger partial charge in [-0.15, -0.1) is 0 Å². The van der Waals surface area contributed by atoms with Crippen LogP contribution in [0, 0.1) is 0 Å². The number of benzene rings is 1. The average Bonchev–Trinajstić information content (AvgIpc) is 2.97. The topological polar surface area (TPSA) is 51.0 Å². The first kappa shape index (κ1) is 15.2. The summed E-state index contributed by atoms with van der Waals surface area (Å²) in [5.74, 6) is 1.06. The first-order valence-corrected chi connectivity index (χ1v) is 7.66. The molecule has 118 valence electrons. The molecule has 0 N–H and O–H groups in total. The van der Waals surface area contributed by atoms with Crippen LogP contribution >= 0.6 is 0 Å². The van der Waals surface area contributed by atoms with Gasteiger partial charge in [-0.1, -0.05) is 12.1 Å². The summed E-state index contributed by atoms with van der Waals surface area (Å²) in [4.78, 5) is 22.4. The predicted octanol–water partition coefficient (Wildman–Crippen LogP) is 2.56. The maximum absolute atomic E-state index is 12.3. The fraction of sp³-hybridized carbons (Fsp3) is 0.278. The first-order chi connectivity index (χ1) is 11.1. The molecule has 3 aromatic rings.